The maximum absolute atomic E-state index is 11.9. The van der Waals surface area contributed by atoms with E-state index in [0.29, 0.717) is 0 Å². The van der Waals surface area contributed by atoms with Crippen molar-refractivity contribution in [2.24, 2.45) is 5.92 Å². The van der Waals surface area contributed by atoms with Crippen molar-refractivity contribution in [3.63, 3.8) is 0 Å². The Hall–Kier alpha value is -0.790. The second-order valence-corrected chi connectivity index (χ2v) is 3.55. The molecule has 0 heterocycles. The Balaban J connectivity index is 4.20. The Morgan fingerprint density at radius 1 is 1.43 bits per heavy atom. The van der Waals surface area contributed by atoms with Crippen LogP contribution in [0.15, 0.2) is 12.8 Å². The van der Waals surface area contributed by atoms with Gasteiger partial charge in [0.2, 0.25) is 5.91 Å². The van der Waals surface area contributed by atoms with Gasteiger partial charge in [0.05, 0.1) is 0 Å². The van der Waals surface area contributed by atoms with E-state index in [-0.39, 0.29) is 11.8 Å². The molecule has 2 nitrogen and oxygen atoms in total. The third-order valence-corrected chi connectivity index (χ3v) is 2.59. The third kappa shape index (κ3) is 3.95. The second-order valence-electron chi connectivity index (χ2n) is 3.55. The molecule has 0 rings (SSSR count). The van der Waals surface area contributed by atoms with E-state index >= 15 is 0 Å². The number of hydrogen-bond donors (Lipinski definition) is 0. The van der Waals surface area contributed by atoms with Crippen molar-refractivity contribution in [2.75, 3.05) is 6.54 Å². The molecule has 82 valence electrons. The Bertz CT molecular complexity index is 177. The molecule has 0 fully saturated rings. The molecule has 0 saturated carbocycles. The molecule has 0 radical (unpaired) electrons. The summed E-state index contributed by atoms with van der Waals surface area (Å²) in [5, 5.41) is 0. The minimum absolute atomic E-state index is 0.188. The number of carbonyl (C=O) groups excluding carboxylic acids is 1. The van der Waals surface area contributed by atoms with E-state index in [1.807, 2.05) is 6.92 Å². The normalized spacial score (nSPS) is 12.2. The summed E-state index contributed by atoms with van der Waals surface area (Å²) >= 11 is 0. The summed E-state index contributed by atoms with van der Waals surface area (Å²) < 4.78 is 0. The van der Waals surface area contributed by atoms with Gasteiger partial charge in [-0.3, -0.25) is 4.79 Å². The summed E-state index contributed by atoms with van der Waals surface area (Å²) in [6, 6.07) is 0. The van der Waals surface area contributed by atoms with Crippen molar-refractivity contribution < 1.29 is 4.79 Å². The first kappa shape index (κ1) is 13.2. The molecular weight excluding hydrogens is 174 g/mol. The van der Waals surface area contributed by atoms with Gasteiger partial charge in [-0.1, -0.05) is 33.3 Å². The van der Waals surface area contributed by atoms with Crippen LogP contribution in [0.25, 0.3) is 0 Å². The third-order valence-electron chi connectivity index (χ3n) is 2.59. The van der Waals surface area contributed by atoms with E-state index in [0.717, 1.165) is 32.2 Å². The number of hydrogen-bond acceptors (Lipinski definition) is 1. The number of rotatable bonds is 7. The van der Waals surface area contributed by atoms with Crippen LogP contribution in [0.1, 0.15) is 46.5 Å². The van der Waals surface area contributed by atoms with E-state index in [2.05, 4.69) is 20.4 Å². The first-order chi connectivity index (χ1) is 6.71. The molecule has 0 N–H and O–H groups in total. The highest BCUT2D eigenvalue weighted by molar-refractivity contribution is 5.79. The topological polar surface area (TPSA) is 20.3 Å². The first-order valence-corrected chi connectivity index (χ1v) is 5.64. The van der Waals surface area contributed by atoms with Gasteiger partial charge in [-0.25, -0.2) is 0 Å². The van der Waals surface area contributed by atoms with Crippen LogP contribution in [-0.2, 0) is 4.79 Å². The highest BCUT2D eigenvalue weighted by Gasteiger charge is 2.19. The molecule has 0 aliphatic rings. The standard InChI is InChI=1S/C12H23NO/c1-5-9-10-11(6-2)12(14)13(7-3)8-4/h7,11H,3,5-6,8-10H2,1-2,4H3. The minimum Gasteiger partial charge on any atom is -0.320 e. The fourth-order valence-corrected chi connectivity index (χ4v) is 1.56. The molecule has 0 aromatic heterocycles. The average molecular weight is 197 g/mol. The highest BCUT2D eigenvalue weighted by Crippen LogP contribution is 2.15. The van der Waals surface area contributed by atoms with Gasteiger partial charge in [0, 0.05) is 12.5 Å². The molecule has 1 atom stereocenters. The van der Waals surface area contributed by atoms with Crippen molar-refractivity contribution in [1.29, 1.82) is 0 Å². The van der Waals surface area contributed by atoms with Crippen molar-refractivity contribution in [3.05, 3.63) is 12.8 Å². The quantitative estimate of drug-likeness (QED) is 0.613. The average Bonchev–Trinajstić information content (AvgIpc) is 2.21. The Labute approximate surface area is 88.0 Å². The molecule has 0 aliphatic heterocycles. The van der Waals surface area contributed by atoms with Crippen LogP contribution in [0.5, 0.6) is 0 Å². The molecule has 2 heteroatoms. The number of nitrogens with zero attached hydrogens (tertiary/aromatic N) is 1. The second kappa shape index (κ2) is 7.60. The van der Waals surface area contributed by atoms with Gasteiger partial charge in [0.15, 0.2) is 0 Å². The molecule has 1 unspecified atom stereocenters. The summed E-state index contributed by atoms with van der Waals surface area (Å²) in [5.74, 6) is 0.423. The van der Waals surface area contributed by atoms with Gasteiger partial charge in [-0.15, -0.1) is 0 Å². The number of unbranched alkanes of at least 4 members (excludes halogenated alkanes) is 1. The lowest BCUT2D eigenvalue weighted by Gasteiger charge is -2.21. The zero-order valence-electron chi connectivity index (χ0n) is 9.75. The van der Waals surface area contributed by atoms with Crippen molar-refractivity contribution >= 4 is 5.91 Å². The lowest BCUT2D eigenvalue weighted by atomic mass is 9.98. The van der Waals surface area contributed by atoms with E-state index in [1.54, 1.807) is 11.1 Å². The fourth-order valence-electron chi connectivity index (χ4n) is 1.56. The van der Waals surface area contributed by atoms with Gasteiger partial charge in [-0.2, -0.15) is 0 Å². The minimum atomic E-state index is 0.188. The van der Waals surface area contributed by atoms with E-state index in [4.69, 9.17) is 0 Å². The zero-order valence-corrected chi connectivity index (χ0v) is 9.75. The van der Waals surface area contributed by atoms with Crippen LogP contribution in [-0.4, -0.2) is 17.4 Å². The monoisotopic (exact) mass is 197 g/mol. The summed E-state index contributed by atoms with van der Waals surface area (Å²) in [6.45, 7) is 10.6. The summed E-state index contributed by atoms with van der Waals surface area (Å²) in [6.07, 6.45) is 5.87. The van der Waals surface area contributed by atoms with Crippen molar-refractivity contribution in [3.8, 4) is 0 Å². The van der Waals surface area contributed by atoms with E-state index in [1.165, 1.54) is 0 Å². The van der Waals surface area contributed by atoms with Crippen molar-refractivity contribution in [2.45, 2.75) is 46.5 Å². The van der Waals surface area contributed by atoms with Crippen LogP contribution < -0.4 is 0 Å². The maximum atomic E-state index is 11.9. The van der Waals surface area contributed by atoms with Gasteiger partial charge < -0.3 is 4.90 Å². The molecular formula is C12H23NO. The predicted octanol–water partition coefficient (Wildman–Crippen LogP) is 3.19. The largest absolute Gasteiger partial charge is 0.320 e. The Kier molecular flexibility index (Phi) is 7.17. The predicted molar refractivity (Wildman–Crippen MR) is 60.9 cm³/mol. The van der Waals surface area contributed by atoms with E-state index < -0.39 is 0 Å². The van der Waals surface area contributed by atoms with Crippen LogP contribution >= 0.6 is 0 Å². The SMILES string of the molecule is C=CN(CC)C(=O)C(CC)CCCC. The Morgan fingerprint density at radius 3 is 2.43 bits per heavy atom. The summed E-state index contributed by atoms with van der Waals surface area (Å²) in [5.41, 5.74) is 0. The van der Waals surface area contributed by atoms with Crippen LogP contribution in [0.4, 0.5) is 0 Å². The molecule has 0 aromatic carbocycles. The molecule has 1 amide bonds. The molecule has 0 spiro atoms. The Morgan fingerprint density at radius 2 is 2.07 bits per heavy atom. The zero-order chi connectivity index (χ0) is 11.0. The van der Waals surface area contributed by atoms with Crippen LogP contribution in [0.3, 0.4) is 0 Å². The van der Waals surface area contributed by atoms with E-state index in [9.17, 15) is 4.79 Å². The van der Waals surface area contributed by atoms with Crippen molar-refractivity contribution in [1.82, 2.24) is 4.90 Å². The summed E-state index contributed by atoms with van der Waals surface area (Å²) in [7, 11) is 0. The number of amides is 1. The molecule has 0 saturated heterocycles. The van der Waals surface area contributed by atoms with Gasteiger partial charge in [0.25, 0.3) is 0 Å². The number of carbonyl (C=O) groups is 1. The lowest BCUT2D eigenvalue weighted by molar-refractivity contribution is -0.133. The van der Waals surface area contributed by atoms with Crippen LogP contribution in [0, 0.1) is 5.92 Å². The first-order valence-electron chi connectivity index (χ1n) is 5.64. The lowest BCUT2D eigenvalue weighted by Crippen LogP contribution is -2.31. The van der Waals surface area contributed by atoms with Gasteiger partial charge in [-0.05, 0) is 26.0 Å². The maximum Gasteiger partial charge on any atom is 0.229 e. The van der Waals surface area contributed by atoms with Crippen LogP contribution in [0.2, 0.25) is 0 Å². The summed E-state index contributed by atoms with van der Waals surface area (Å²) in [4.78, 5) is 13.6. The molecule has 0 aliphatic carbocycles. The fraction of sp³-hybridized carbons (Fsp3) is 0.750. The smallest absolute Gasteiger partial charge is 0.229 e. The molecule has 14 heavy (non-hydrogen) atoms. The van der Waals surface area contributed by atoms with Gasteiger partial charge >= 0.3 is 0 Å². The highest BCUT2D eigenvalue weighted by atomic mass is 16.2. The molecule has 0 aromatic rings. The molecule has 0 bridgehead atoms. The van der Waals surface area contributed by atoms with Gasteiger partial charge in [0.1, 0.15) is 0 Å².